The average molecular weight is 247 g/mol. The fourth-order valence-corrected chi connectivity index (χ4v) is 2.58. The molecule has 0 heterocycles. The molecule has 0 aliphatic carbocycles. The molecule has 2 N–H and O–H groups in total. The van der Waals surface area contributed by atoms with Crippen LogP contribution in [0.1, 0.15) is 11.1 Å². The van der Waals surface area contributed by atoms with Crippen molar-refractivity contribution in [3.8, 4) is 0 Å². The lowest BCUT2D eigenvalue weighted by Crippen LogP contribution is -1.88. The van der Waals surface area contributed by atoms with Gasteiger partial charge < -0.3 is 5.73 Å². The van der Waals surface area contributed by atoms with E-state index in [0.717, 1.165) is 21.9 Å². The molecule has 0 aliphatic rings. The zero-order valence-electron chi connectivity index (χ0n) is 9.61. The summed E-state index contributed by atoms with van der Waals surface area (Å²) in [7, 11) is 0. The Kier molecular flexibility index (Phi) is 3.69. The highest BCUT2D eigenvalue weighted by molar-refractivity contribution is 7.98. The van der Waals surface area contributed by atoms with Gasteiger partial charge in [0.2, 0.25) is 0 Å². The number of benzene rings is 2. The van der Waals surface area contributed by atoms with Gasteiger partial charge in [0, 0.05) is 16.3 Å². The van der Waals surface area contributed by atoms with Gasteiger partial charge in [0.25, 0.3) is 0 Å². The Morgan fingerprint density at radius 2 is 2.00 bits per heavy atom. The van der Waals surface area contributed by atoms with E-state index < -0.39 is 0 Å². The number of hydrogen-bond acceptors (Lipinski definition) is 2. The van der Waals surface area contributed by atoms with Gasteiger partial charge in [-0.15, -0.1) is 11.8 Å². The number of halogens is 1. The highest BCUT2D eigenvalue weighted by atomic mass is 32.2. The SMILES string of the molecule is Cc1ccc(N)cc1SCc1cccc(F)c1. The first-order valence-electron chi connectivity index (χ1n) is 5.38. The smallest absolute Gasteiger partial charge is 0.123 e. The molecule has 0 unspecified atom stereocenters. The Morgan fingerprint density at radius 3 is 2.76 bits per heavy atom. The molecule has 0 spiro atoms. The minimum absolute atomic E-state index is 0.188. The van der Waals surface area contributed by atoms with Crippen LogP contribution < -0.4 is 5.73 Å². The predicted octanol–water partition coefficient (Wildman–Crippen LogP) is 4.01. The molecule has 0 atom stereocenters. The summed E-state index contributed by atoms with van der Waals surface area (Å²) in [5.74, 6) is 0.564. The summed E-state index contributed by atoms with van der Waals surface area (Å²) in [6.07, 6.45) is 0. The number of hydrogen-bond donors (Lipinski definition) is 1. The molecule has 0 aliphatic heterocycles. The van der Waals surface area contributed by atoms with Crippen LogP contribution in [0, 0.1) is 12.7 Å². The van der Waals surface area contributed by atoms with Gasteiger partial charge in [-0.1, -0.05) is 18.2 Å². The summed E-state index contributed by atoms with van der Waals surface area (Å²) in [5, 5.41) is 0. The normalized spacial score (nSPS) is 10.5. The number of nitrogens with two attached hydrogens (primary N) is 1. The Bertz CT molecular complexity index is 525. The highest BCUT2D eigenvalue weighted by Gasteiger charge is 2.01. The van der Waals surface area contributed by atoms with Crippen molar-refractivity contribution in [3.63, 3.8) is 0 Å². The summed E-state index contributed by atoms with van der Waals surface area (Å²) in [5.41, 5.74) is 8.69. The second kappa shape index (κ2) is 5.23. The van der Waals surface area contributed by atoms with Crippen molar-refractivity contribution in [2.45, 2.75) is 17.6 Å². The summed E-state index contributed by atoms with van der Waals surface area (Å²) in [6.45, 7) is 2.05. The largest absolute Gasteiger partial charge is 0.399 e. The number of rotatable bonds is 3. The van der Waals surface area contributed by atoms with Gasteiger partial charge in [-0.05, 0) is 42.3 Å². The molecule has 2 rings (SSSR count). The molecule has 0 bridgehead atoms. The molecule has 0 amide bonds. The van der Waals surface area contributed by atoms with E-state index in [1.54, 1.807) is 23.9 Å². The average Bonchev–Trinajstić information content (AvgIpc) is 2.30. The van der Waals surface area contributed by atoms with Crippen molar-refractivity contribution in [2.75, 3.05) is 5.73 Å². The van der Waals surface area contributed by atoms with E-state index in [4.69, 9.17) is 5.73 Å². The van der Waals surface area contributed by atoms with E-state index in [1.807, 2.05) is 31.2 Å². The van der Waals surface area contributed by atoms with Crippen molar-refractivity contribution < 1.29 is 4.39 Å². The van der Waals surface area contributed by atoms with Crippen LogP contribution in [0.4, 0.5) is 10.1 Å². The molecule has 17 heavy (non-hydrogen) atoms. The Balaban J connectivity index is 2.09. The Morgan fingerprint density at radius 1 is 1.18 bits per heavy atom. The van der Waals surface area contributed by atoms with Crippen LogP contribution >= 0.6 is 11.8 Å². The summed E-state index contributed by atoms with van der Waals surface area (Å²) in [6, 6.07) is 12.5. The summed E-state index contributed by atoms with van der Waals surface area (Å²) < 4.78 is 13.0. The topological polar surface area (TPSA) is 26.0 Å². The zero-order chi connectivity index (χ0) is 12.3. The monoisotopic (exact) mass is 247 g/mol. The maximum absolute atomic E-state index is 13.0. The zero-order valence-corrected chi connectivity index (χ0v) is 10.4. The Hall–Kier alpha value is -1.48. The van der Waals surface area contributed by atoms with Gasteiger partial charge in [0.05, 0.1) is 0 Å². The molecule has 0 radical (unpaired) electrons. The lowest BCUT2D eigenvalue weighted by Gasteiger charge is -2.06. The molecular formula is C14H14FNS. The summed E-state index contributed by atoms with van der Waals surface area (Å²) >= 11 is 1.68. The number of nitrogen functional groups attached to an aromatic ring is 1. The van der Waals surface area contributed by atoms with E-state index >= 15 is 0 Å². The van der Waals surface area contributed by atoms with Crippen LogP contribution in [-0.4, -0.2) is 0 Å². The fourth-order valence-electron chi connectivity index (χ4n) is 1.56. The first-order chi connectivity index (χ1) is 8.15. The lowest BCUT2D eigenvalue weighted by atomic mass is 10.2. The molecule has 1 nitrogen and oxygen atoms in total. The standard InChI is InChI=1S/C14H14FNS/c1-10-5-6-13(16)8-14(10)17-9-11-3-2-4-12(15)7-11/h2-8H,9,16H2,1H3. The molecule has 3 heteroatoms. The fraction of sp³-hybridized carbons (Fsp3) is 0.143. The van der Waals surface area contributed by atoms with Gasteiger partial charge >= 0.3 is 0 Å². The third kappa shape index (κ3) is 3.24. The van der Waals surface area contributed by atoms with Gasteiger partial charge in [-0.3, -0.25) is 0 Å². The van der Waals surface area contributed by atoms with Crippen molar-refractivity contribution in [1.82, 2.24) is 0 Å². The van der Waals surface area contributed by atoms with Crippen LogP contribution in [0.5, 0.6) is 0 Å². The second-order valence-corrected chi connectivity index (χ2v) is 4.96. The first-order valence-corrected chi connectivity index (χ1v) is 6.37. The summed E-state index contributed by atoms with van der Waals surface area (Å²) in [4.78, 5) is 1.15. The molecule has 0 saturated carbocycles. The molecule has 0 saturated heterocycles. The Labute approximate surface area is 105 Å². The predicted molar refractivity (Wildman–Crippen MR) is 71.6 cm³/mol. The van der Waals surface area contributed by atoms with Crippen LogP contribution in [0.3, 0.4) is 0 Å². The number of aryl methyl sites for hydroxylation is 1. The molecule has 0 aromatic heterocycles. The van der Waals surface area contributed by atoms with Crippen LogP contribution in [0.2, 0.25) is 0 Å². The van der Waals surface area contributed by atoms with Crippen molar-refractivity contribution in [2.24, 2.45) is 0 Å². The van der Waals surface area contributed by atoms with Crippen LogP contribution in [0.15, 0.2) is 47.4 Å². The number of thioether (sulfide) groups is 1. The molecule has 88 valence electrons. The van der Waals surface area contributed by atoms with E-state index in [0.29, 0.717) is 0 Å². The van der Waals surface area contributed by atoms with Gasteiger partial charge in [-0.2, -0.15) is 0 Å². The quantitative estimate of drug-likeness (QED) is 0.655. The molecule has 2 aromatic carbocycles. The van der Waals surface area contributed by atoms with E-state index in [2.05, 4.69) is 0 Å². The van der Waals surface area contributed by atoms with E-state index in [-0.39, 0.29) is 5.82 Å². The van der Waals surface area contributed by atoms with Gasteiger partial charge in [-0.25, -0.2) is 4.39 Å². The van der Waals surface area contributed by atoms with Gasteiger partial charge in [0.1, 0.15) is 5.82 Å². The highest BCUT2D eigenvalue weighted by Crippen LogP contribution is 2.27. The van der Waals surface area contributed by atoms with Crippen molar-refractivity contribution >= 4 is 17.4 Å². The number of anilines is 1. The molecule has 2 aromatic rings. The van der Waals surface area contributed by atoms with Crippen molar-refractivity contribution in [1.29, 1.82) is 0 Å². The molecular weight excluding hydrogens is 233 g/mol. The first kappa shape index (κ1) is 12.0. The van der Waals surface area contributed by atoms with Crippen molar-refractivity contribution in [3.05, 3.63) is 59.4 Å². The van der Waals surface area contributed by atoms with E-state index in [1.165, 1.54) is 11.6 Å². The minimum Gasteiger partial charge on any atom is -0.399 e. The lowest BCUT2D eigenvalue weighted by molar-refractivity contribution is 0.626. The second-order valence-electron chi connectivity index (χ2n) is 3.94. The maximum Gasteiger partial charge on any atom is 0.123 e. The third-order valence-electron chi connectivity index (χ3n) is 2.50. The minimum atomic E-state index is -0.188. The maximum atomic E-state index is 13.0. The van der Waals surface area contributed by atoms with Crippen LogP contribution in [-0.2, 0) is 5.75 Å². The van der Waals surface area contributed by atoms with Gasteiger partial charge in [0.15, 0.2) is 0 Å². The van der Waals surface area contributed by atoms with Crippen LogP contribution in [0.25, 0.3) is 0 Å². The molecule has 0 fully saturated rings. The third-order valence-corrected chi connectivity index (χ3v) is 3.72. The van der Waals surface area contributed by atoms with E-state index in [9.17, 15) is 4.39 Å².